The van der Waals surface area contributed by atoms with Crippen LogP contribution >= 0.6 is 0 Å². The van der Waals surface area contributed by atoms with E-state index in [2.05, 4.69) is 13.8 Å². The van der Waals surface area contributed by atoms with Gasteiger partial charge >= 0.3 is 0 Å². The number of phenolic OH excluding ortho intramolecular Hbond substituents is 1. The molecule has 0 spiro atoms. The molecule has 1 aliphatic rings. The van der Waals surface area contributed by atoms with Crippen LogP contribution in [-0.2, 0) is 0 Å². The van der Waals surface area contributed by atoms with Crippen molar-refractivity contribution in [3.63, 3.8) is 0 Å². The Morgan fingerprint density at radius 2 is 2.06 bits per heavy atom. The van der Waals surface area contributed by atoms with Gasteiger partial charge < -0.3 is 5.11 Å². The molecule has 0 saturated heterocycles. The van der Waals surface area contributed by atoms with E-state index in [1.165, 1.54) is 0 Å². The molecule has 2 heteroatoms. The maximum absolute atomic E-state index is 11.8. The molecule has 1 aliphatic carbocycles. The molecule has 2 rings (SSSR count). The number of phenols is 1. The first-order valence-electron chi connectivity index (χ1n) is 5.88. The average molecular weight is 218 g/mol. The normalized spacial score (nSPS) is 20.0. The highest BCUT2D eigenvalue weighted by Gasteiger charge is 2.30. The fraction of sp³-hybridized carbons (Fsp3) is 0.500. The third-order valence-electron chi connectivity index (χ3n) is 3.58. The van der Waals surface area contributed by atoms with Crippen LogP contribution in [0.5, 0.6) is 5.75 Å². The minimum Gasteiger partial charge on any atom is -0.507 e. The zero-order valence-corrected chi connectivity index (χ0v) is 10.1. The molecule has 16 heavy (non-hydrogen) atoms. The van der Waals surface area contributed by atoms with Crippen LogP contribution < -0.4 is 0 Å². The van der Waals surface area contributed by atoms with Gasteiger partial charge in [0.1, 0.15) is 5.75 Å². The van der Waals surface area contributed by atoms with Crippen molar-refractivity contribution in [2.45, 2.75) is 39.5 Å². The van der Waals surface area contributed by atoms with Crippen molar-refractivity contribution in [2.75, 3.05) is 0 Å². The maximum Gasteiger partial charge on any atom is 0.163 e. The maximum atomic E-state index is 11.8. The number of hydrogen-bond acceptors (Lipinski definition) is 2. The molecule has 0 radical (unpaired) electrons. The molecular formula is C14H18O2. The molecule has 1 unspecified atom stereocenters. The predicted octanol–water partition coefficient (Wildman–Crippen LogP) is 3.42. The first kappa shape index (κ1) is 11.2. The molecule has 1 atom stereocenters. The molecular weight excluding hydrogens is 200 g/mol. The van der Waals surface area contributed by atoms with Crippen LogP contribution in [0.1, 0.15) is 54.1 Å². The first-order valence-corrected chi connectivity index (χ1v) is 5.88. The van der Waals surface area contributed by atoms with E-state index in [4.69, 9.17) is 0 Å². The van der Waals surface area contributed by atoms with Gasteiger partial charge in [-0.3, -0.25) is 4.79 Å². The van der Waals surface area contributed by atoms with Crippen LogP contribution in [0.3, 0.4) is 0 Å². The molecule has 0 aromatic heterocycles. The molecule has 0 amide bonds. The van der Waals surface area contributed by atoms with Crippen molar-refractivity contribution in [1.29, 1.82) is 0 Å². The summed E-state index contributed by atoms with van der Waals surface area (Å²) in [5.74, 6) is 1.26. The van der Waals surface area contributed by atoms with E-state index in [-0.39, 0.29) is 5.78 Å². The zero-order chi connectivity index (χ0) is 11.9. The van der Waals surface area contributed by atoms with Crippen molar-refractivity contribution in [3.05, 3.63) is 28.8 Å². The second-order valence-corrected chi connectivity index (χ2v) is 5.00. The van der Waals surface area contributed by atoms with E-state index in [1.54, 1.807) is 0 Å². The number of aromatic hydroxyl groups is 1. The number of benzene rings is 1. The zero-order valence-electron chi connectivity index (χ0n) is 10.1. The molecule has 1 aromatic rings. The number of ketones is 1. The van der Waals surface area contributed by atoms with Gasteiger partial charge in [-0.05, 0) is 30.7 Å². The predicted molar refractivity (Wildman–Crippen MR) is 64.0 cm³/mol. The van der Waals surface area contributed by atoms with Gasteiger partial charge in [0, 0.05) is 17.5 Å². The monoisotopic (exact) mass is 218 g/mol. The SMILES string of the molecule is Cc1ccc2c(c1O)C(C(C)C)CCC2=O. The van der Waals surface area contributed by atoms with E-state index < -0.39 is 0 Å². The summed E-state index contributed by atoms with van der Waals surface area (Å²) in [6, 6.07) is 3.69. The van der Waals surface area contributed by atoms with Gasteiger partial charge in [0.2, 0.25) is 0 Å². The summed E-state index contributed by atoms with van der Waals surface area (Å²) in [5.41, 5.74) is 2.47. The number of Topliss-reactive ketones (excluding diaryl/α,β-unsaturated/α-hetero) is 1. The average Bonchev–Trinajstić information content (AvgIpc) is 2.23. The fourth-order valence-electron chi connectivity index (χ4n) is 2.57. The third kappa shape index (κ3) is 1.62. The van der Waals surface area contributed by atoms with Gasteiger partial charge in [0.15, 0.2) is 5.78 Å². The highest BCUT2D eigenvalue weighted by atomic mass is 16.3. The Bertz CT molecular complexity index is 433. The van der Waals surface area contributed by atoms with Gasteiger partial charge in [-0.2, -0.15) is 0 Å². The van der Waals surface area contributed by atoms with E-state index in [9.17, 15) is 9.90 Å². The van der Waals surface area contributed by atoms with Crippen molar-refractivity contribution in [3.8, 4) is 5.75 Å². The molecule has 86 valence electrons. The summed E-state index contributed by atoms with van der Waals surface area (Å²) in [7, 11) is 0. The second kappa shape index (κ2) is 3.93. The lowest BCUT2D eigenvalue weighted by Gasteiger charge is -2.29. The van der Waals surface area contributed by atoms with Crippen LogP contribution in [0, 0.1) is 12.8 Å². The molecule has 1 aromatic carbocycles. The van der Waals surface area contributed by atoms with Gasteiger partial charge in [-0.25, -0.2) is 0 Å². The van der Waals surface area contributed by atoms with E-state index in [0.717, 1.165) is 23.1 Å². The number of aryl methyl sites for hydroxylation is 1. The lowest BCUT2D eigenvalue weighted by Crippen LogP contribution is -2.19. The Morgan fingerprint density at radius 3 is 2.69 bits per heavy atom. The quantitative estimate of drug-likeness (QED) is 0.784. The lowest BCUT2D eigenvalue weighted by molar-refractivity contribution is 0.0961. The number of fused-ring (bicyclic) bond motifs is 1. The molecule has 0 heterocycles. The lowest BCUT2D eigenvalue weighted by atomic mass is 9.75. The molecule has 0 fully saturated rings. The Balaban J connectivity index is 2.62. The van der Waals surface area contributed by atoms with Crippen molar-refractivity contribution in [1.82, 2.24) is 0 Å². The first-order chi connectivity index (χ1) is 7.52. The Labute approximate surface area is 96.3 Å². The van der Waals surface area contributed by atoms with E-state index in [0.29, 0.717) is 24.0 Å². The van der Waals surface area contributed by atoms with E-state index >= 15 is 0 Å². The van der Waals surface area contributed by atoms with Gasteiger partial charge in [-0.15, -0.1) is 0 Å². The minimum atomic E-state index is 0.169. The van der Waals surface area contributed by atoms with Crippen LogP contribution in [0.2, 0.25) is 0 Å². The van der Waals surface area contributed by atoms with Crippen LogP contribution in [0.15, 0.2) is 12.1 Å². The fourth-order valence-corrected chi connectivity index (χ4v) is 2.57. The molecule has 2 nitrogen and oxygen atoms in total. The van der Waals surface area contributed by atoms with Gasteiger partial charge in [0.05, 0.1) is 0 Å². The largest absolute Gasteiger partial charge is 0.507 e. The Hall–Kier alpha value is -1.31. The summed E-state index contributed by atoms with van der Waals surface area (Å²) in [5, 5.41) is 10.1. The minimum absolute atomic E-state index is 0.169. The van der Waals surface area contributed by atoms with Crippen LogP contribution in [0.4, 0.5) is 0 Å². The highest BCUT2D eigenvalue weighted by molar-refractivity contribution is 5.99. The molecule has 0 aliphatic heterocycles. The van der Waals surface area contributed by atoms with Crippen molar-refractivity contribution >= 4 is 5.78 Å². The number of carbonyl (C=O) groups excluding carboxylic acids is 1. The van der Waals surface area contributed by atoms with Gasteiger partial charge in [0.25, 0.3) is 0 Å². The van der Waals surface area contributed by atoms with Gasteiger partial charge in [-0.1, -0.05) is 26.0 Å². The highest BCUT2D eigenvalue weighted by Crippen LogP contribution is 2.42. The summed E-state index contributed by atoms with van der Waals surface area (Å²) in [6.45, 7) is 6.17. The number of rotatable bonds is 1. The molecule has 0 bridgehead atoms. The second-order valence-electron chi connectivity index (χ2n) is 5.00. The molecule has 1 N–H and O–H groups in total. The Morgan fingerprint density at radius 1 is 1.38 bits per heavy atom. The van der Waals surface area contributed by atoms with E-state index in [1.807, 2.05) is 19.1 Å². The summed E-state index contributed by atoms with van der Waals surface area (Å²) >= 11 is 0. The Kier molecular flexibility index (Phi) is 2.75. The smallest absolute Gasteiger partial charge is 0.163 e. The van der Waals surface area contributed by atoms with Crippen LogP contribution in [0.25, 0.3) is 0 Å². The number of carbonyl (C=O) groups is 1. The number of hydrogen-bond donors (Lipinski definition) is 1. The van der Waals surface area contributed by atoms with Crippen LogP contribution in [-0.4, -0.2) is 10.9 Å². The summed E-state index contributed by atoms with van der Waals surface area (Å²) < 4.78 is 0. The van der Waals surface area contributed by atoms with Crippen molar-refractivity contribution < 1.29 is 9.90 Å². The topological polar surface area (TPSA) is 37.3 Å². The standard InChI is InChI=1S/C14H18O2/c1-8(2)10-6-7-12(15)11-5-4-9(3)14(16)13(10)11/h4-5,8,10,16H,6-7H2,1-3H3. The molecule has 0 saturated carbocycles. The van der Waals surface area contributed by atoms with Crippen molar-refractivity contribution in [2.24, 2.45) is 5.92 Å². The third-order valence-corrected chi connectivity index (χ3v) is 3.58. The summed E-state index contributed by atoms with van der Waals surface area (Å²) in [4.78, 5) is 11.8. The summed E-state index contributed by atoms with van der Waals surface area (Å²) in [6.07, 6.45) is 1.47.